The zero-order valence-electron chi connectivity index (χ0n) is 16.2. The number of hydrogen-bond donors (Lipinski definition) is 1. The summed E-state index contributed by atoms with van der Waals surface area (Å²) in [6, 6.07) is 0. The third-order valence-electron chi connectivity index (χ3n) is 5.76. The minimum Gasteiger partial charge on any atom is -0.444 e. The Labute approximate surface area is 167 Å². The van der Waals surface area contributed by atoms with Crippen molar-refractivity contribution < 1.29 is 14.6 Å². The molecule has 0 bridgehead atoms. The molecule has 0 aromatic carbocycles. The predicted octanol–water partition coefficient (Wildman–Crippen LogP) is 2.94. The largest absolute Gasteiger partial charge is 0.444 e. The maximum absolute atomic E-state index is 12.6. The Morgan fingerprint density at radius 1 is 1.33 bits per heavy atom. The first-order chi connectivity index (χ1) is 12.5. The van der Waals surface area contributed by atoms with E-state index in [0.717, 1.165) is 25.7 Å². The van der Waals surface area contributed by atoms with Gasteiger partial charge in [0.2, 0.25) is 0 Å². The maximum Gasteiger partial charge on any atom is 0.410 e. The summed E-state index contributed by atoms with van der Waals surface area (Å²) < 4.78 is 7.60. The Balaban J connectivity index is 1.85. The van der Waals surface area contributed by atoms with Crippen molar-refractivity contribution in [1.29, 1.82) is 0 Å². The monoisotopic (exact) mass is 441 g/mol. The molecule has 1 aliphatic carbocycles. The van der Waals surface area contributed by atoms with Crippen molar-refractivity contribution >= 4 is 22.0 Å². The lowest BCUT2D eigenvalue weighted by Gasteiger charge is -2.52. The summed E-state index contributed by atoms with van der Waals surface area (Å²) >= 11 is 3.29. The molecule has 1 aromatic heterocycles. The molecular formula is C19H28BrN3O4. The summed E-state index contributed by atoms with van der Waals surface area (Å²) in [5.74, 6) is 0. The van der Waals surface area contributed by atoms with Crippen LogP contribution in [0.15, 0.2) is 21.8 Å². The van der Waals surface area contributed by atoms with Crippen LogP contribution in [0.1, 0.15) is 52.9 Å². The van der Waals surface area contributed by atoms with E-state index in [-0.39, 0.29) is 18.2 Å². The number of nitrogens with zero attached hydrogens (tertiary/aromatic N) is 3. The molecule has 1 atom stereocenters. The number of hydrogen-bond acceptors (Lipinski definition) is 5. The number of piperidine rings is 1. The molecule has 1 N–H and O–H groups in total. The number of rotatable bonds is 2. The van der Waals surface area contributed by atoms with Gasteiger partial charge >= 0.3 is 6.09 Å². The Morgan fingerprint density at radius 2 is 2.00 bits per heavy atom. The van der Waals surface area contributed by atoms with Crippen molar-refractivity contribution in [3.63, 3.8) is 0 Å². The lowest BCUT2D eigenvalue weighted by atomic mass is 9.66. The number of ether oxygens (including phenoxy) is 1. The Hall–Kier alpha value is -1.41. The first-order valence-electron chi connectivity index (χ1n) is 9.46. The minimum absolute atomic E-state index is 0.203. The van der Waals surface area contributed by atoms with Gasteiger partial charge in [-0.05, 0) is 56.0 Å². The van der Waals surface area contributed by atoms with Crippen LogP contribution in [-0.2, 0) is 11.3 Å². The summed E-state index contributed by atoms with van der Waals surface area (Å²) in [6.45, 7) is 6.63. The fourth-order valence-corrected chi connectivity index (χ4v) is 4.75. The lowest BCUT2D eigenvalue weighted by Crippen LogP contribution is -2.62. The highest BCUT2D eigenvalue weighted by Gasteiger charge is 2.56. The second-order valence-electron chi connectivity index (χ2n) is 8.85. The summed E-state index contributed by atoms with van der Waals surface area (Å²) in [5, 5.41) is 11.6. The normalized spacial score (nSPS) is 25.0. The number of amides is 1. The van der Waals surface area contributed by atoms with Gasteiger partial charge in [-0.25, -0.2) is 9.78 Å². The van der Waals surface area contributed by atoms with E-state index < -0.39 is 16.6 Å². The van der Waals surface area contributed by atoms with Crippen LogP contribution < -0.4 is 5.56 Å². The van der Waals surface area contributed by atoms with Crippen LogP contribution in [0.2, 0.25) is 0 Å². The average Bonchev–Trinajstić information content (AvgIpc) is 3.02. The van der Waals surface area contributed by atoms with Crippen molar-refractivity contribution in [1.82, 2.24) is 14.5 Å². The van der Waals surface area contributed by atoms with E-state index in [0.29, 0.717) is 24.1 Å². The number of likely N-dealkylation sites (tertiary alicyclic amines) is 1. The van der Waals surface area contributed by atoms with E-state index in [4.69, 9.17) is 4.74 Å². The molecule has 7 nitrogen and oxygen atoms in total. The standard InChI is InChI=1S/C19H28BrN3O4/c1-17(2,3)27-16(25)22-9-8-19(26,18(12-22)6-4-5-7-18)13-23-11-14(20)21-10-15(23)24/h10-11,26H,4-9,12-13H2,1-3H3. The van der Waals surface area contributed by atoms with Crippen molar-refractivity contribution in [2.24, 2.45) is 5.41 Å². The molecule has 1 aliphatic heterocycles. The number of aromatic nitrogens is 2. The van der Waals surface area contributed by atoms with E-state index in [2.05, 4.69) is 20.9 Å². The van der Waals surface area contributed by atoms with Crippen molar-refractivity contribution in [2.75, 3.05) is 13.1 Å². The molecule has 1 aromatic rings. The highest BCUT2D eigenvalue weighted by atomic mass is 79.9. The van der Waals surface area contributed by atoms with Crippen LogP contribution in [-0.4, -0.2) is 49.9 Å². The van der Waals surface area contributed by atoms with Crippen LogP contribution >= 0.6 is 15.9 Å². The quantitative estimate of drug-likeness (QED) is 0.762. The minimum atomic E-state index is -1.05. The van der Waals surface area contributed by atoms with Crippen LogP contribution in [0.5, 0.6) is 0 Å². The highest BCUT2D eigenvalue weighted by molar-refractivity contribution is 9.10. The predicted molar refractivity (Wildman–Crippen MR) is 104 cm³/mol. The molecule has 8 heteroatoms. The molecule has 1 saturated carbocycles. The fraction of sp³-hybridized carbons (Fsp3) is 0.737. The van der Waals surface area contributed by atoms with Crippen LogP contribution in [0.3, 0.4) is 0 Å². The molecule has 3 rings (SSSR count). The molecule has 1 amide bonds. The van der Waals surface area contributed by atoms with Gasteiger partial charge < -0.3 is 19.3 Å². The second-order valence-corrected chi connectivity index (χ2v) is 9.66. The van der Waals surface area contributed by atoms with E-state index in [1.807, 2.05) is 20.8 Å². The molecular weight excluding hydrogens is 414 g/mol. The average molecular weight is 442 g/mol. The number of carbonyl (C=O) groups is 1. The van der Waals surface area contributed by atoms with Crippen LogP contribution in [0, 0.1) is 5.41 Å². The van der Waals surface area contributed by atoms with Gasteiger partial charge in [-0.15, -0.1) is 0 Å². The molecule has 27 heavy (non-hydrogen) atoms. The fourth-order valence-electron chi connectivity index (χ4n) is 4.40. The zero-order chi connectivity index (χ0) is 19.9. The molecule has 1 saturated heterocycles. The topological polar surface area (TPSA) is 84.7 Å². The number of aliphatic hydroxyl groups is 1. The van der Waals surface area contributed by atoms with Gasteiger partial charge in [-0.1, -0.05) is 12.8 Å². The van der Waals surface area contributed by atoms with Gasteiger partial charge in [0.1, 0.15) is 10.2 Å². The summed E-state index contributed by atoms with van der Waals surface area (Å²) in [7, 11) is 0. The van der Waals surface area contributed by atoms with E-state index in [9.17, 15) is 14.7 Å². The van der Waals surface area contributed by atoms with Crippen molar-refractivity contribution in [2.45, 2.75) is 70.6 Å². The molecule has 2 aliphatic rings. The van der Waals surface area contributed by atoms with E-state index in [1.54, 1.807) is 11.1 Å². The first-order valence-corrected chi connectivity index (χ1v) is 10.3. The van der Waals surface area contributed by atoms with Gasteiger partial charge in [0.15, 0.2) is 0 Å². The van der Waals surface area contributed by atoms with Gasteiger partial charge in [0.25, 0.3) is 5.56 Å². The molecule has 0 radical (unpaired) electrons. The number of halogens is 1. The summed E-state index contributed by atoms with van der Waals surface area (Å²) in [6.07, 6.45) is 6.65. The van der Waals surface area contributed by atoms with E-state index >= 15 is 0 Å². The molecule has 1 unspecified atom stereocenters. The Bertz CT molecular complexity index is 767. The Kier molecular flexibility index (Phi) is 5.42. The first kappa shape index (κ1) is 20.3. The van der Waals surface area contributed by atoms with Gasteiger partial charge in [-0.3, -0.25) is 4.79 Å². The molecule has 1 spiro atoms. The van der Waals surface area contributed by atoms with Crippen molar-refractivity contribution in [3.05, 3.63) is 27.4 Å². The summed E-state index contributed by atoms with van der Waals surface area (Å²) in [4.78, 5) is 30.4. The third-order valence-corrected chi connectivity index (χ3v) is 6.17. The molecule has 150 valence electrons. The van der Waals surface area contributed by atoms with E-state index in [1.165, 1.54) is 10.8 Å². The number of carbonyl (C=O) groups excluding carboxylic acids is 1. The summed E-state index contributed by atoms with van der Waals surface area (Å²) in [5.41, 5.74) is -2.26. The SMILES string of the molecule is CC(C)(C)OC(=O)N1CCC(O)(Cn2cc(Br)ncc2=O)C2(CCCC2)C1. The molecule has 2 heterocycles. The third kappa shape index (κ3) is 4.21. The highest BCUT2D eigenvalue weighted by Crippen LogP contribution is 2.51. The molecule has 2 fully saturated rings. The second kappa shape index (κ2) is 7.20. The van der Waals surface area contributed by atoms with Gasteiger partial charge in [0.05, 0.1) is 18.3 Å². The van der Waals surface area contributed by atoms with Crippen molar-refractivity contribution in [3.8, 4) is 0 Å². The van der Waals surface area contributed by atoms with Crippen LogP contribution in [0.25, 0.3) is 0 Å². The van der Waals surface area contributed by atoms with Gasteiger partial charge in [-0.2, -0.15) is 0 Å². The maximum atomic E-state index is 12.6. The van der Waals surface area contributed by atoms with Crippen LogP contribution in [0.4, 0.5) is 4.79 Å². The smallest absolute Gasteiger partial charge is 0.410 e. The Morgan fingerprint density at radius 3 is 2.63 bits per heavy atom. The lowest BCUT2D eigenvalue weighted by molar-refractivity contribution is -0.140. The van der Waals surface area contributed by atoms with Gasteiger partial charge in [0, 0.05) is 24.7 Å². The zero-order valence-corrected chi connectivity index (χ0v) is 17.8.